The third-order valence-electron chi connectivity index (χ3n) is 2.75. The molecule has 1 aromatic rings. The van der Waals surface area contributed by atoms with Crippen molar-refractivity contribution in [3.05, 3.63) is 6.20 Å². The standard InChI is InChI=1S/C10H18N4S2/c1-13-2-4-14(5-3-13)6-7-15-9-8-12-10(11)16-9/h8H,2-7H2,1H3,(H2,11,12). The molecule has 4 nitrogen and oxygen atoms in total. The average Bonchev–Trinajstić information content (AvgIpc) is 2.67. The van der Waals surface area contributed by atoms with Gasteiger partial charge in [-0.15, -0.1) is 11.8 Å². The predicted octanol–water partition coefficient (Wildman–Crippen LogP) is 1.06. The first-order valence-corrected chi connectivity index (χ1v) is 7.29. The Morgan fingerprint density at radius 3 is 2.81 bits per heavy atom. The molecule has 1 aliphatic heterocycles. The highest BCUT2D eigenvalue weighted by Crippen LogP contribution is 2.26. The summed E-state index contributed by atoms with van der Waals surface area (Å²) in [5.74, 6) is 1.13. The van der Waals surface area contributed by atoms with E-state index in [9.17, 15) is 0 Å². The molecular weight excluding hydrogens is 240 g/mol. The van der Waals surface area contributed by atoms with E-state index in [1.807, 2.05) is 18.0 Å². The number of nitrogen functional groups attached to an aromatic ring is 1. The zero-order valence-corrected chi connectivity index (χ0v) is 11.2. The van der Waals surface area contributed by atoms with Crippen LogP contribution in [0.2, 0.25) is 0 Å². The Morgan fingerprint density at radius 2 is 2.19 bits per heavy atom. The van der Waals surface area contributed by atoms with Crippen LogP contribution in [-0.4, -0.2) is 60.3 Å². The molecule has 2 heterocycles. The Bertz CT molecular complexity index is 320. The lowest BCUT2D eigenvalue weighted by Gasteiger charge is -2.32. The van der Waals surface area contributed by atoms with Crippen LogP contribution in [0.1, 0.15) is 0 Å². The van der Waals surface area contributed by atoms with E-state index in [2.05, 4.69) is 21.8 Å². The molecule has 16 heavy (non-hydrogen) atoms. The Morgan fingerprint density at radius 1 is 1.44 bits per heavy atom. The number of piperazine rings is 1. The topological polar surface area (TPSA) is 45.4 Å². The van der Waals surface area contributed by atoms with Crippen molar-refractivity contribution < 1.29 is 0 Å². The van der Waals surface area contributed by atoms with Gasteiger partial charge in [-0.2, -0.15) is 0 Å². The Labute approximate surface area is 105 Å². The molecule has 1 aliphatic rings. The molecular formula is C10H18N4S2. The first kappa shape index (κ1) is 12.2. The first-order chi connectivity index (χ1) is 7.74. The molecule has 1 aromatic heterocycles. The summed E-state index contributed by atoms with van der Waals surface area (Å²) in [6.07, 6.45) is 1.87. The van der Waals surface area contributed by atoms with E-state index in [-0.39, 0.29) is 0 Å². The number of likely N-dealkylation sites (N-methyl/N-ethyl adjacent to an activating group) is 1. The van der Waals surface area contributed by atoms with Crippen molar-refractivity contribution in [2.45, 2.75) is 4.21 Å². The second kappa shape index (κ2) is 5.86. The summed E-state index contributed by atoms with van der Waals surface area (Å²) in [7, 11) is 2.19. The molecule has 2 rings (SSSR count). The van der Waals surface area contributed by atoms with Crippen LogP contribution in [0.4, 0.5) is 5.13 Å². The molecule has 0 atom stereocenters. The highest BCUT2D eigenvalue weighted by Gasteiger charge is 2.13. The van der Waals surface area contributed by atoms with Crippen LogP contribution in [0.3, 0.4) is 0 Å². The number of thioether (sulfide) groups is 1. The van der Waals surface area contributed by atoms with E-state index in [0.29, 0.717) is 5.13 Å². The van der Waals surface area contributed by atoms with Gasteiger partial charge in [0, 0.05) is 38.5 Å². The number of rotatable bonds is 4. The fraction of sp³-hybridized carbons (Fsp3) is 0.700. The predicted molar refractivity (Wildman–Crippen MR) is 71.2 cm³/mol. The van der Waals surface area contributed by atoms with Gasteiger partial charge in [0.25, 0.3) is 0 Å². The SMILES string of the molecule is CN1CCN(CCSc2cnc(N)s2)CC1. The Hall–Kier alpha value is -0.300. The molecule has 0 unspecified atom stereocenters. The summed E-state index contributed by atoms with van der Waals surface area (Å²) in [5, 5.41) is 0.669. The van der Waals surface area contributed by atoms with Crippen molar-refractivity contribution in [3.63, 3.8) is 0 Å². The van der Waals surface area contributed by atoms with Crippen LogP contribution < -0.4 is 5.73 Å². The van der Waals surface area contributed by atoms with Gasteiger partial charge in [0.2, 0.25) is 0 Å². The lowest BCUT2D eigenvalue weighted by molar-refractivity contribution is 0.161. The lowest BCUT2D eigenvalue weighted by Crippen LogP contribution is -2.45. The van der Waals surface area contributed by atoms with Gasteiger partial charge in [0.05, 0.1) is 10.4 Å². The number of hydrogen-bond donors (Lipinski definition) is 1. The van der Waals surface area contributed by atoms with Crippen LogP contribution in [0.15, 0.2) is 10.4 Å². The zero-order chi connectivity index (χ0) is 11.4. The maximum absolute atomic E-state index is 5.59. The fourth-order valence-corrected chi connectivity index (χ4v) is 3.52. The van der Waals surface area contributed by atoms with Crippen molar-refractivity contribution in [1.29, 1.82) is 0 Å². The quantitative estimate of drug-likeness (QED) is 0.818. The van der Waals surface area contributed by atoms with Gasteiger partial charge < -0.3 is 10.6 Å². The molecule has 0 aromatic carbocycles. The molecule has 0 bridgehead atoms. The van der Waals surface area contributed by atoms with E-state index in [1.54, 1.807) is 11.3 Å². The second-order valence-corrected chi connectivity index (χ2v) is 6.47. The van der Waals surface area contributed by atoms with Crippen molar-refractivity contribution in [1.82, 2.24) is 14.8 Å². The largest absolute Gasteiger partial charge is 0.375 e. The first-order valence-electron chi connectivity index (χ1n) is 5.49. The molecule has 1 saturated heterocycles. The third-order valence-corrected chi connectivity index (χ3v) is 4.75. The van der Waals surface area contributed by atoms with Gasteiger partial charge in [-0.3, -0.25) is 4.90 Å². The molecule has 6 heteroatoms. The van der Waals surface area contributed by atoms with Crippen LogP contribution >= 0.6 is 23.1 Å². The molecule has 0 radical (unpaired) electrons. The minimum Gasteiger partial charge on any atom is -0.375 e. The van der Waals surface area contributed by atoms with Gasteiger partial charge in [0.15, 0.2) is 5.13 Å². The molecule has 0 aliphatic carbocycles. The number of thiazole rings is 1. The van der Waals surface area contributed by atoms with E-state index < -0.39 is 0 Å². The highest BCUT2D eigenvalue weighted by atomic mass is 32.2. The summed E-state index contributed by atoms with van der Waals surface area (Å²) in [5.41, 5.74) is 5.59. The third kappa shape index (κ3) is 3.62. The summed E-state index contributed by atoms with van der Waals surface area (Å²) in [6, 6.07) is 0. The molecule has 0 spiro atoms. The number of aromatic nitrogens is 1. The maximum Gasteiger partial charge on any atom is 0.181 e. The van der Waals surface area contributed by atoms with E-state index in [4.69, 9.17) is 5.73 Å². The van der Waals surface area contributed by atoms with E-state index in [0.717, 1.165) is 12.3 Å². The van der Waals surface area contributed by atoms with Gasteiger partial charge >= 0.3 is 0 Å². The molecule has 90 valence electrons. The second-order valence-electron chi connectivity index (χ2n) is 4.01. The van der Waals surface area contributed by atoms with Crippen LogP contribution in [0.5, 0.6) is 0 Å². The van der Waals surface area contributed by atoms with E-state index in [1.165, 1.54) is 30.4 Å². The number of anilines is 1. The van der Waals surface area contributed by atoms with Crippen LogP contribution in [0, 0.1) is 0 Å². The number of hydrogen-bond acceptors (Lipinski definition) is 6. The number of nitrogens with zero attached hydrogens (tertiary/aromatic N) is 3. The Balaban J connectivity index is 1.64. The highest BCUT2D eigenvalue weighted by molar-refractivity contribution is 8.01. The van der Waals surface area contributed by atoms with Gasteiger partial charge in [-0.05, 0) is 7.05 Å². The smallest absolute Gasteiger partial charge is 0.181 e. The molecule has 0 amide bonds. The lowest BCUT2D eigenvalue weighted by atomic mass is 10.3. The molecule has 2 N–H and O–H groups in total. The summed E-state index contributed by atoms with van der Waals surface area (Å²) < 4.78 is 1.23. The fourth-order valence-electron chi connectivity index (χ4n) is 1.69. The van der Waals surface area contributed by atoms with Crippen molar-refractivity contribution in [2.75, 3.05) is 51.3 Å². The van der Waals surface area contributed by atoms with Crippen molar-refractivity contribution in [2.24, 2.45) is 0 Å². The molecule has 0 saturated carbocycles. The number of nitrogens with two attached hydrogens (primary N) is 1. The summed E-state index contributed by atoms with van der Waals surface area (Å²) >= 11 is 3.43. The van der Waals surface area contributed by atoms with Crippen molar-refractivity contribution >= 4 is 28.2 Å². The molecule has 1 fully saturated rings. The summed E-state index contributed by atoms with van der Waals surface area (Å²) in [4.78, 5) is 8.95. The average molecular weight is 258 g/mol. The van der Waals surface area contributed by atoms with Gasteiger partial charge in [-0.25, -0.2) is 4.98 Å². The van der Waals surface area contributed by atoms with Crippen LogP contribution in [0.25, 0.3) is 0 Å². The monoisotopic (exact) mass is 258 g/mol. The Kier molecular flexibility index (Phi) is 4.45. The van der Waals surface area contributed by atoms with Crippen LogP contribution in [-0.2, 0) is 0 Å². The normalized spacial score (nSPS) is 19.1. The maximum atomic E-state index is 5.59. The minimum absolute atomic E-state index is 0.669. The minimum atomic E-state index is 0.669. The van der Waals surface area contributed by atoms with Crippen molar-refractivity contribution in [3.8, 4) is 0 Å². The van der Waals surface area contributed by atoms with E-state index >= 15 is 0 Å². The summed E-state index contributed by atoms with van der Waals surface area (Å²) in [6.45, 7) is 5.94. The zero-order valence-electron chi connectivity index (χ0n) is 9.56. The van der Waals surface area contributed by atoms with Gasteiger partial charge in [0.1, 0.15) is 0 Å². The van der Waals surface area contributed by atoms with Gasteiger partial charge in [-0.1, -0.05) is 11.3 Å².